The molecule has 0 saturated carbocycles. The van der Waals surface area contributed by atoms with E-state index in [1.165, 1.54) is 5.56 Å². The lowest BCUT2D eigenvalue weighted by molar-refractivity contribution is 0.254. The number of nitrogens with zero attached hydrogens (tertiary/aromatic N) is 4. The summed E-state index contributed by atoms with van der Waals surface area (Å²) in [5.41, 5.74) is 2.23. The van der Waals surface area contributed by atoms with Crippen LogP contribution in [-0.2, 0) is 25.9 Å². The van der Waals surface area contributed by atoms with Gasteiger partial charge >= 0.3 is 0 Å². The van der Waals surface area contributed by atoms with Gasteiger partial charge in [0.25, 0.3) is 0 Å². The molecule has 8 nitrogen and oxygen atoms in total. The first-order valence-corrected chi connectivity index (χ1v) is 11.3. The third kappa shape index (κ3) is 5.47. The average Bonchev–Trinajstić information content (AvgIpc) is 3.33. The minimum atomic E-state index is 0. The number of methoxy groups -OCH3 is 1. The lowest BCUT2D eigenvalue weighted by atomic mass is 10.1. The van der Waals surface area contributed by atoms with Gasteiger partial charge in [0.15, 0.2) is 11.8 Å². The summed E-state index contributed by atoms with van der Waals surface area (Å²) in [6, 6.07) is 4.42. The molecule has 0 radical (unpaired) electrons. The van der Waals surface area contributed by atoms with Crippen LogP contribution in [0.1, 0.15) is 62.8 Å². The van der Waals surface area contributed by atoms with Crippen molar-refractivity contribution in [2.75, 3.05) is 13.7 Å². The number of fused-ring (bicyclic) bond motifs is 2. The molecule has 176 valence electrons. The normalized spacial score (nSPS) is 19.6. The van der Waals surface area contributed by atoms with Gasteiger partial charge in [0.1, 0.15) is 23.4 Å². The average molecular weight is 554 g/mol. The molecule has 0 spiro atoms. The van der Waals surface area contributed by atoms with Crippen LogP contribution in [0.3, 0.4) is 0 Å². The van der Waals surface area contributed by atoms with Gasteiger partial charge < -0.3 is 20.1 Å². The fraction of sp³-hybridized carbons (Fsp3) is 0.609. The van der Waals surface area contributed by atoms with E-state index in [1.807, 2.05) is 4.68 Å². The van der Waals surface area contributed by atoms with Gasteiger partial charge in [0.2, 0.25) is 0 Å². The minimum Gasteiger partial charge on any atom is -0.496 e. The van der Waals surface area contributed by atoms with Crippen LogP contribution >= 0.6 is 24.0 Å². The van der Waals surface area contributed by atoms with E-state index in [0.29, 0.717) is 12.5 Å². The van der Waals surface area contributed by atoms with E-state index in [4.69, 9.17) is 14.5 Å². The Bertz CT molecular complexity index is 958. The Morgan fingerprint density at radius 1 is 1.38 bits per heavy atom. The lowest BCUT2D eigenvalue weighted by Gasteiger charge is -2.25. The van der Waals surface area contributed by atoms with Gasteiger partial charge in [0.05, 0.1) is 20.2 Å². The first-order chi connectivity index (χ1) is 15.0. The molecule has 0 fully saturated rings. The zero-order valence-corrected chi connectivity index (χ0v) is 22.0. The number of aromatic nitrogens is 3. The summed E-state index contributed by atoms with van der Waals surface area (Å²) in [7, 11) is 1.71. The van der Waals surface area contributed by atoms with Crippen molar-refractivity contribution < 1.29 is 9.47 Å². The van der Waals surface area contributed by atoms with Gasteiger partial charge in [-0.15, -0.1) is 24.0 Å². The Morgan fingerprint density at radius 3 is 2.91 bits per heavy atom. The summed E-state index contributed by atoms with van der Waals surface area (Å²) >= 11 is 0. The van der Waals surface area contributed by atoms with Gasteiger partial charge in [-0.25, -0.2) is 14.7 Å². The van der Waals surface area contributed by atoms with Crippen LogP contribution in [0.5, 0.6) is 11.5 Å². The van der Waals surface area contributed by atoms with Crippen LogP contribution in [0.2, 0.25) is 0 Å². The maximum Gasteiger partial charge on any atom is 0.191 e. The molecular formula is C23H35IN6O2. The number of guanidine groups is 1. The van der Waals surface area contributed by atoms with E-state index in [2.05, 4.69) is 60.5 Å². The molecule has 2 atom stereocenters. The molecular weight excluding hydrogens is 519 g/mol. The van der Waals surface area contributed by atoms with E-state index < -0.39 is 0 Å². The fourth-order valence-corrected chi connectivity index (χ4v) is 4.16. The second-order valence-corrected chi connectivity index (χ2v) is 8.70. The number of benzene rings is 1. The van der Waals surface area contributed by atoms with Crippen LogP contribution < -0.4 is 20.1 Å². The van der Waals surface area contributed by atoms with Crippen molar-refractivity contribution in [1.82, 2.24) is 25.4 Å². The summed E-state index contributed by atoms with van der Waals surface area (Å²) in [6.07, 6.45) is 3.06. The Hall–Kier alpha value is -2.04. The second-order valence-electron chi connectivity index (χ2n) is 8.70. The van der Waals surface area contributed by atoms with Crippen LogP contribution in [0.4, 0.5) is 0 Å². The molecule has 1 aromatic carbocycles. The molecule has 3 heterocycles. The van der Waals surface area contributed by atoms with Crippen LogP contribution in [0, 0.1) is 0 Å². The number of rotatable bonds is 6. The SMILES string of the molecule is CCNC(=NCc1cc2c(cc1OC)CC(C)O2)NC1CCc2nc(C(C)C)nn2C1.I. The number of aliphatic imine (C=N–C) groups is 1. The number of ether oxygens (including phenoxy) is 2. The van der Waals surface area contributed by atoms with E-state index >= 15 is 0 Å². The van der Waals surface area contributed by atoms with Crippen LogP contribution in [0.15, 0.2) is 17.1 Å². The highest BCUT2D eigenvalue weighted by atomic mass is 127. The highest BCUT2D eigenvalue weighted by Crippen LogP contribution is 2.35. The number of aryl methyl sites for hydroxylation is 1. The molecule has 9 heteroatoms. The maximum absolute atomic E-state index is 5.92. The predicted octanol–water partition coefficient (Wildman–Crippen LogP) is 3.42. The molecule has 2 N–H and O–H groups in total. The lowest BCUT2D eigenvalue weighted by Crippen LogP contribution is -2.47. The number of halogens is 1. The van der Waals surface area contributed by atoms with Crippen molar-refractivity contribution in [3.05, 3.63) is 34.9 Å². The quantitative estimate of drug-likeness (QED) is 0.324. The van der Waals surface area contributed by atoms with Gasteiger partial charge in [-0.05, 0) is 32.4 Å². The fourth-order valence-electron chi connectivity index (χ4n) is 4.16. The molecule has 0 saturated heterocycles. The van der Waals surface area contributed by atoms with E-state index in [0.717, 1.165) is 67.0 Å². The van der Waals surface area contributed by atoms with Crippen molar-refractivity contribution in [1.29, 1.82) is 0 Å². The highest BCUT2D eigenvalue weighted by molar-refractivity contribution is 14.0. The summed E-state index contributed by atoms with van der Waals surface area (Å²) in [4.78, 5) is 9.52. The molecule has 32 heavy (non-hydrogen) atoms. The van der Waals surface area contributed by atoms with Gasteiger partial charge in [-0.3, -0.25) is 0 Å². The van der Waals surface area contributed by atoms with E-state index in [1.54, 1.807) is 7.11 Å². The van der Waals surface area contributed by atoms with Gasteiger partial charge in [-0.2, -0.15) is 5.10 Å². The van der Waals surface area contributed by atoms with Crippen molar-refractivity contribution in [3.8, 4) is 11.5 Å². The third-order valence-electron chi connectivity index (χ3n) is 5.78. The molecule has 0 amide bonds. The molecule has 0 bridgehead atoms. The topological polar surface area (TPSA) is 85.6 Å². The smallest absolute Gasteiger partial charge is 0.191 e. The Morgan fingerprint density at radius 2 is 2.19 bits per heavy atom. The summed E-state index contributed by atoms with van der Waals surface area (Å²) in [5.74, 6) is 4.97. The molecule has 0 aliphatic carbocycles. The zero-order valence-electron chi connectivity index (χ0n) is 19.6. The standard InChI is InChI=1S/C23H34N6O2.HI/c1-6-24-23(26-18-7-8-21-27-22(14(2)3)28-29(21)13-18)25-12-17-11-20-16(9-15(4)31-20)10-19(17)30-5;/h10-11,14-15,18H,6-9,12-13H2,1-5H3,(H2,24,25,26);1H. The van der Waals surface area contributed by atoms with Gasteiger partial charge in [-0.1, -0.05) is 13.8 Å². The number of hydrogen-bond donors (Lipinski definition) is 2. The molecule has 2 aromatic rings. The molecule has 2 unspecified atom stereocenters. The monoisotopic (exact) mass is 554 g/mol. The molecule has 1 aromatic heterocycles. The minimum absolute atomic E-state index is 0. The largest absolute Gasteiger partial charge is 0.496 e. The summed E-state index contributed by atoms with van der Waals surface area (Å²) in [6.45, 7) is 10.5. The van der Waals surface area contributed by atoms with Crippen LogP contribution in [-0.4, -0.2) is 46.5 Å². The Labute approximate surface area is 207 Å². The number of nitrogens with one attached hydrogen (secondary N) is 2. The Kier molecular flexibility index (Phi) is 8.24. The first-order valence-electron chi connectivity index (χ1n) is 11.3. The van der Waals surface area contributed by atoms with Gasteiger partial charge in [0, 0.05) is 42.5 Å². The van der Waals surface area contributed by atoms with Crippen molar-refractivity contribution in [2.24, 2.45) is 4.99 Å². The van der Waals surface area contributed by atoms with Crippen molar-refractivity contribution in [3.63, 3.8) is 0 Å². The zero-order chi connectivity index (χ0) is 22.0. The third-order valence-corrected chi connectivity index (χ3v) is 5.78. The molecule has 2 aliphatic heterocycles. The molecule has 4 rings (SSSR count). The first kappa shape index (κ1) is 24.6. The molecule has 2 aliphatic rings. The van der Waals surface area contributed by atoms with Crippen LogP contribution in [0.25, 0.3) is 0 Å². The second kappa shape index (κ2) is 10.7. The summed E-state index contributed by atoms with van der Waals surface area (Å²) in [5, 5.41) is 11.6. The number of hydrogen-bond acceptors (Lipinski definition) is 5. The van der Waals surface area contributed by atoms with E-state index in [-0.39, 0.29) is 36.1 Å². The summed E-state index contributed by atoms with van der Waals surface area (Å²) < 4.78 is 13.6. The van der Waals surface area contributed by atoms with Crippen molar-refractivity contribution >= 4 is 29.9 Å². The predicted molar refractivity (Wildman–Crippen MR) is 136 cm³/mol. The highest BCUT2D eigenvalue weighted by Gasteiger charge is 2.24. The Balaban J connectivity index is 0.00000289. The van der Waals surface area contributed by atoms with Crippen molar-refractivity contribution in [2.45, 2.75) is 78.1 Å². The maximum atomic E-state index is 5.92. The van der Waals surface area contributed by atoms with E-state index in [9.17, 15) is 0 Å².